The molecule has 1 atom stereocenters. The maximum absolute atomic E-state index is 8.83. The average molecular weight is 235 g/mol. The fraction of sp³-hybridized carbons (Fsp3) is 0.385. The molecule has 0 spiro atoms. The molecule has 0 radical (unpaired) electrons. The van der Waals surface area contributed by atoms with E-state index in [1.807, 2.05) is 0 Å². The predicted molar refractivity (Wildman–Crippen MR) is 69.8 cm³/mol. The zero-order chi connectivity index (χ0) is 11.4. The van der Waals surface area contributed by atoms with Gasteiger partial charge in [-0.3, -0.25) is 0 Å². The Balaban J connectivity index is 2.04. The lowest BCUT2D eigenvalue weighted by Crippen LogP contribution is -2.26. The first-order valence-corrected chi connectivity index (χ1v) is 6.48. The van der Waals surface area contributed by atoms with Crippen LogP contribution in [0.25, 0.3) is 10.1 Å². The highest BCUT2D eigenvalue weighted by molar-refractivity contribution is 7.17. The summed E-state index contributed by atoms with van der Waals surface area (Å²) in [4.78, 5) is 0. The molecule has 0 amide bonds. The van der Waals surface area contributed by atoms with Crippen LogP contribution in [0, 0.1) is 0 Å². The Hall–Kier alpha value is -0.900. The molecule has 0 saturated heterocycles. The fourth-order valence-corrected chi connectivity index (χ4v) is 2.71. The largest absolute Gasteiger partial charge is 0.396 e. The minimum absolute atomic E-state index is 0.249. The van der Waals surface area contributed by atoms with E-state index in [0.717, 1.165) is 13.0 Å². The molecule has 16 heavy (non-hydrogen) atoms. The Kier molecular flexibility index (Phi) is 3.93. The van der Waals surface area contributed by atoms with Gasteiger partial charge in [0.25, 0.3) is 0 Å². The predicted octanol–water partition coefficient (Wildman–Crippen LogP) is 2.76. The van der Waals surface area contributed by atoms with Crippen LogP contribution in [-0.4, -0.2) is 17.8 Å². The third-order valence-electron chi connectivity index (χ3n) is 2.76. The molecule has 0 aliphatic heterocycles. The SMILES string of the molecule is CC(CCO)NCc1csc2ccccc12. The van der Waals surface area contributed by atoms with Crippen molar-refractivity contribution >= 4 is 21.4 Å². The second kappa shape index (κ2) is 5.43. The van der Waals surface area contributed by atoms with Gasteiger partial charge in [-0.1, -0.05) is 18.2 Å². The van der Waals surface area contributed by atoms with Crippen molar-refractivity contribution in [2.75, 3.05) is 6.61 Å². The highest BCUT2D eigenvalue weighted by atomic mass is 32.1. The Morgan fingerprint density at radius 1 is 1.38 bits per heavy atom. The van der Waals surface area contributed by atoms with E-state index in [2.05, 4.69) is 41.9 Å². The highest BCUT2D eigenvalue weighted by Gasteiger charge is 2.05. The summed E-state index contributed by atoms with van der Waals surface area (Å²) in [5, 5.41) is 15.8. The van der Waals surface area contributed by atoms with Gasteiger partial charge in [0.05, 0.1) is 0 Å². The van der Waals surface area contributed by atoms with Crippen LogP contribution < -0.4 is 5.32 Å². The molecule has 2 aromatic rings. The number of benzene rings is 1. The zero-order valence-electron chi connectivity index (χ0n) is 9.44. The molecule has 0 aliphatic carbocycles. The number of thiophene rings is 1. The zero-order valence-corrected chi connectivity index (χ0v) is 10.3. The van der Waals surface area contributed by atoms with Gasteiger partial charge >= 0.3 is 0 Å². The minimum Gasteiger partial charge on any atom is -0.396 e. The molecule has 1 aromatic heterocycles. The van der Waals surface area contributed by atoms with E-state index in [0.29, 0.717) is 6.04 Å². The van der Waals surface area contributed by atoms with E-state index in [1.54, 1.807) is 11.3 Å². The number of fused-ring (bicyclic) bond motifs is 1. The summed E-state index contributed by atoms with van der Waals surface area (Å²) in [6, 6.07) is 8.84. The number of aliphatic hydroxyl groups excluding tert-OH is 1. The first-order chi connectivity index (χ1) is 7.81. The summed E-state index contributed by atoms with van der Waals surface area (Å²) >= 11 is 1.79. The van der Waals surface area contributed by atoms with Crippen LogP contribution in [-0.2, 0) is 6.54 Å². The number of hydrogen-bond acceptors (Lipinski definition) is 3. The first-order valence-electron chi connectivity index (χ1n) is 5.60. The van der Waals surface area contributed by atoms with Gasteiger partial charge < -0.3 is 10.4 Å². The average Bonchev–Trinajstić information content (AvgIpc) is 2.70. The normalized spacial score (nSPS) is 13.1. The van der Waals surface area contributed by atoms with Crippen LogP contribution in [0.4, 0.5) is 0 Å². The Bertz CT molecular complexity index is 452. The molecule has 0 aliphatic rings. The molecule has 2 N–H and O–H groups in total. The molecule has 2 rings (SSSR count). The van der Waals surface area contributed by atoms with Crippen molar-refractivity contribution in [3.63, 3.8) is 0 Å². The molecule has 1 unspecified atom stereocenters. The molecule has 86 valence electrons. The van der Waals surface area contributed by atoms with Crippen LogP contribution >= 0.6 is 11.3 Å². The maximum atomic E-state index is 8.83. The summed E-state index contributed by atoms with van der Waals surface area (Å²) in [7, 11) is 0. The number of aliphatic hydroxyl groups is 1. The van der Waals surface area contributed by atoms with Gasteiger partial charge in [-0.2, -0.15) is 0 Å². The summed E-state index contributed by atoms with van der Waals surface area (Å²) in [5.74, 6) is 0. The van der Waals surface area contributed by atoms with Crippen molar-refractivity contribution in [1.29, 1.82) is 0 Å². The Labute approximate surface area is 99.9 Å². The van der Waals surface area contributed by atoms with Crippen molar-refractivity contribution in [2.45, 2.75) is 25.9 Å². The van der Waals surface area contributed by atoms with Crippen LogP contribution in [0.15, 0.2) is 29.6 Å². The minimum atomic E-state index is 0.249. The monoisotopic (exact) mass is 235 g/mol. The maximum Gasteiger partial charge on any atom is 0.0445 e. The van der Waals surface area contributed by atoms with E-state index in [-0.39, 0.29) is 6.61 Å². The van der Waals surface area contributed by atoms with E-state index in [9.17, 15) is 0 Å². The van der Waals surface area contributed by atoms with E-state index in [1.165, 1.54) is 15.6 Å². The lowest BCUT2D eigenvalue weighted by Gasteiger charge is -2.11. The van der Waals surface area contributed by atoms with Crippen molar-refractivity contribution in [2.24, 2.45) is 0 Å². The van der Waals surface area contributed by atoms with Gasteiger partial charge in [0.15, 0.2) is 0 Å². The summed E-state index contributed by atoms with van der Waals surface area (Å²) < 4.78 is 1.34. The van der Waals surface area contributed by atoms with Crippen LogP contribution in [0.3, 0.4) is 0 Å². The summed E-state index contributed by atoms with van der Waals surface area (Å²) in [5.41, 5.74) is 1.35. The van der Waals surface area contributed by atoms with Crippen molar-refractivity contribution in [1.82, 2.24) is 5.32 Å². The topological polar surface area (TPSA) is 32.3 Å². The standard InChI is InChI=1S/C13H17NOS/c1-10(6-7-15)14-8-11-9-16-13-5-3-2-4-12(11)13/h2-5,9-10,14-15H,6-8H2,1H3. The number of rotatable bonds is 5. The fourth-order valence-electron chi connectivity index (χ4n) is 1.75. The number of nitrogens with one attached hydrogen (secondary N) is 1. The molecule has 0 fully saturated rings. The quantitative estimate of drug-likeness (QED) is 0.835. The second-order valence-electron chi connectivity index (χ2n) is 4.05. The van der Waals surface area contributed by atoms with Crippen molar-refractivity contribution in [3.05, 3.63) is 35.2 Å². The second-order valence-corrected chi connectivity index (χ2v) is 4.96. The van der Waals surface area contributed by atoms with E-state index < -0.39 is 0 Å². The highest BCUT2D eigenvalue weighted by Crippen LogP contribution is 2.25. The third kappa shape index (κ3) is 2.61. The van der Waals surface area contributed by atoms with Gasteiger partial charge in [0, 0.05) is 23.9 Å². The molecule has 2 nitrogen and oxygen atoms in total. The Morgan fingerprint density at radius 3 is 3.00 bits per heavy atom. The van der Waals surface area contributed by atoms with Crippen LogP contribution in [0.5, 0.6) is 0 Å². The van der Waals surface area contributed by atoms with Crippen LogP contribution in [0.1, 0.15) is 18.9 Å². The lowest BCUT2D eigenvalue weighted by atomic mass is 10.1. The van der Waals surface area contributed by atoms with Crippen molar-refractivity contribution < 1.29 is 5.11 Å². The smallest absolute Gasteiger partial charge is 0.0445 e. The Morgan fingerprint density at radius 2 is 2.19 bits per heavy atom. The van der Waals surface area contributed by atoms with Gasteiger partial charge in [-0.25, -0.2) is 0 Å². The first kappa shape index (κ1) is 11.6. The van der Waals surface area contributed by atoms with E-state index in [4.69, 9.17) is 5.11 Å². The lowest BCUT2D eigenvalue weighted by molar-refractivity contribution is 0.269. The number of hydrogen-bond donors (Lipinski definition) is 2. The summed E-state index contributed by atoms with van der Waals surface area (Å²) in [6.07, 6.45) is 0.808. The molecule has 3 heteroatoms. The van der Waals surface area contributed by atoms with Crippen LogP contribution in [0.2, 0.25) is 0 Å². The van der Waals surface area contributed by atoms with Gasteiger partial charge in [0.1, 0.15) is 0 Å². The summed E-state index contributed by atoms with van der Waals surface area (Å²) in [6.45, 7) is 3.23. The molecule has 0 saturated carbocycles. The van der Waals surface area contributed by atoms with Gasteiger partial charge in [-0.15, -0.1) is 11.3 Å². The van der Waals surface area contributed by atoms with Gasteiger partial charge in [-0.05, 0) is 35.7 Å². The molecule has 1 aromatic carbocycles. The van der Waals surface area contributed by atoms with Gasteiger partial charge in [0.2, 0.25) is 0 Å². The molecule has 0 bridgehead atoms. The third-order valence-corrected chi connectivity index (χ3v) is 3.78. The molecular weight excluding hydrogens is 218 g/mol. The van der Waals surface area contributed by atoms with Crippen molar-refractivity contribution in [3.8, 4) is 0 Å². The molecule has 1 heterocycles. The van der Waals surface area contributed by atoms with E-state index >= 15 is 0 Å². The molecular formula is C13H17NOS.